The first-order valence-electron chi connectivity index (χ1n) is 5.75. The molecule has 0 bridgehead atoms. The molecular weight excluding hydrogens is 303 g/mol. The van der Waals surface area contributed by atoms with Crippen molar-refractivity contribution in [1.82, 2.24) is 4.90 Å². The molecule has 0 atom stereocenters. The minimum atomic E-state index is -0.373. The molecule has 6 heteroatoms. The number of carbonyl (C=O) groups excluding carboxylic acids is 1. The summed E-state index contributed by atoms with van der Waals surface area (Å²) < 4.78 is 13.4. The largest absolute Gasteiger partial charge is 0.395 e. The molecule has 4 nitrogen and oxygen atoms in total. The van der Waals surface area contributed by atoms with Crippen molar-refractivity contribution in [2.75, 3.05) is 18.5 Å². The first-order valence-corrected chi connectivity index (χ1v) is 6.54. The molecular formula is C12H14BrFN2O2. The number of halogens is 2. The standard InChI is InChI=1S/C12H14BrFN2O2/c13-10-7-8(1-4-11(10)14)15-12(18)16(5-6-17)9-2-3-9/h1,4,7,9,17H,2-3,5-6H2,(H,15,18). The van der Waals surface area contributed by atoms with Gasteiger partial charge in [0.05, 0.1) is 11.1 Å². The smallest absolute Gasteiger partial charge is 0.322 e. The lowest BCUT2D eigenvalue weighted by Crippen LogP contribution is -2.38. The minimum absolute atomic E-state index is 0.0585. The van der Waals surface area contributed by atoms with Crippen molar-refractivity contribution in [3.05, 3.63) is 28.5 Å². The molecule has 1 fully saturated rings. The lowest BCUT2D eigenvalue weighted by molar-refractivity contribution is 0.185. The molecule has 0 unspecified atom stereocenters. The van der Waals surface area contributed by atoms with Gasteiger partial charge in [0.1, 0.15) is 5.82 Å². The number of nitrogens with zero attached hydrogens (tertiary/aromatic N) is 1. The van der Waals surface area contributed by atoms with Gasteiger partial charge in [0.25, 0.3) is 0 Å². The van der Waals surface area contributed by atoms with E-state index in [0.29, 0.717) is 16.7 Å². The van der Waals surface area contributed by atoms with Crippen LogP contribution < -0.4 is 5.32 Å². The second-order valence-electron chi connectivity index (χ2n) is 4.21. The van der Waals surface area contributed by atoms with E-state index in [2.05, 4.69) is 21.2 Å². The molecule has 0 aliphatic heterocycles. The Morgan fingerprint density at radius 3 is 2.83 bits per heavy atom. The third-order valence-electron chi connectivity index (χ3n) is 2.76. The highest BCUT2D eigenvalue weighted by Gasteiger charge is 2.32. The zero-order valence-corrected chi connectivity index (χ0v) is 11.3. The van der Waals surface area contributed by atoms with Gasteiger partial charge in [-0.1, -0.05) is 0 Å². The number of aliphatic hydroxyl groups excluding tert-OH is 1. The zero-order valence-electron chi connectivity index (χ0n) is 9.70. The average Bonchev–Trinajstić information content (AvgIpc) is 3.15. The van der Waals surface area contributed by atoms with E-state index in [1.54, 1.807) is 4.90 Å². The molecule has 2 rings (SSSR count). The Morgan fingerprint density at radius 2 is 2.28 bits per heavy atom. The Hall–Kier alpha value is -1.14. The molecule has 1 aliphatic carbocycles. The van der Waals surface area contributed by atoms with Gasteiger partial charge in [0, 0.05) is 18.3 Å². The maximum absolute atomic E-state index is 13.1. The molecule has 0 saturated heterocycles. The van der Waals surface area contributed by atoms with Gasteiger partial charge in [-0.15, -0.1) is 0 Å². The highest BCUT2D eigenvalue weighted by molar-refractivity contribution is 9.10. The monoisotopic (exact) mass is 316 g/mol. The second-order valence-corrected chi connectivity index (χ2v) is 5.06. The van der Waals surface area contributed by atoms with Gasteiger partial charge in [-0.3, -0.25) is 0 Å². The maximum atomic E-state index is 13.1. The van der Waals surface area contributed by atoms with E-state index in [4.69, 9.17) is 5.11 Å². The Kier molecular flexibility index (Phi) is 4.19. The van der Waals surface area contributed by atoms with Crippen molar-refractivity contribution in [2.24, 2.45) is 0 Å². The van der Waals surface area contributed by atoms with Gasteiger partial charge in [0.2, 0.25) is 0 Å². The summed E-state index contributed by atoms with van der Waals surface area (Å²) in [7, 11) is 0. The van der Waals surface area contributed by atoms with Crippen LogP contribution in [0.2, 0.25) is 0 Å². The number of amides is 2. The number of aliphatic hydroxyl groups is 1. The molecule has 2 amide bonds. The number of hydrogen-bond acceptors (Lipinski definition) is 2. The maximum Gasteiger partial charge on any atom is 0.322 e. The fraction of sp³-hybridized carbons (Fsp3) is 0.417. The summed E-state index contributed by atoms with van der Waals surface area (Å²) in [6.45, 7) is 0.260. The Bertz CT molecular complexity index is 452. The highest BCUT2D eigenvalue weighted by atomic mass is 79.9. The predicted molar refractivity (Wildman–Crippen MR) is 69.9 cm³/mol. The van der Waals surface area contributed by atoms with Crippen LogP contribution in [-0.4, -0.2) is 35.2 Å². The molecule has 98 valence electrons. The van der Waals surface area contributed by atoms with Crippen molar-refractivity contribution < 1.29 is 14.3 Å². The SMILES string of the molecule is O=C(Nc1ccc(F)c(Br)c1)N(CCO)C1CC1. The van der Waals surface area contributed by atoms with Gasteiger partial charge < -0.3 is 15.3 Å². The molecule has 0 radical (unpaired) electrons. The fourth-order valence-corrected chi connectivity index (χ4v) is 2.09. The van der Waals surface area contributed by atoms with Crippen LogP contribution in [-0.2, 0) is 0 Å². The number of carbonyl (C=O) groups is 1. The van der Waals surface area contributed by atoms with Crippen LogP contribution in [0.25, 0.3) is 0 Å². The molecule has 0 heterocycles. The Morgan fingerprint density at radius 1 is 1.56 bits per heavy atom. The van der Waals surface area contributed by atoms with Crippen LogP contribution >= 0.6 is 15.9 Å². The molecule has 1 aromatic rings. The second kappa shape index (κ2) is 5.67. The van der Waals surface area contributed by atoms with Gasteiger partial charge in [-0.2, -0.15) is 0 Å². The van der Waals surface area contributed by atoms with Crippen LogP contribution in [0.1, 0.15) is 12.8 Å². The minimum Gasteiger partial charge on any atom is -0.395 e. The summed E-state index contributed by atoms with van der Waals surface area (Å²) in [5, 5.41) is 11.6. The summed E-state index contributed by atoms with van der Waals surface area (Å²) in [6.07, 6.45) is 1.95. The highest BCUT2D eigenvalue weighted by Crippen LogP contribution is 2.27. The summed E-state index contributed by atoms with van der Waals surface area (Å²) in [5.41, 5.74) is 0.525. The topological polar surface area (TPSA) is 52.6 Å². The summed E-state index contributed by atoms with van der Waals surface area (Å²) in [5.74, 6) is -0.373. The number of hydrogen-bond donors (Lipinski definition) is 2. The third-order valence-corrected chi connectivity index (χ3v) is 3.37. The molecule has 18 heavy (non-hydrogen) atoms. The van der Waals surface area contributed by atoms with Crippen LogP contribution in [0.5, 0.6) is 0 Å². The van der Waals surface area contributed by atoms with Crippen molar-refractivity contribution in [3.8, 4) is 0 Å². The van der Waals surface area contributed by atoms with E-state index in [1.807, 2.05) is 0 Å². The van der Waals surface area contributed by atoms with Crippen molar-refractivity contribution in [3.63, 3.8) is 0 Å². The van der Waals surface area contributed by atoms with Crippen LogP contribution in [0.15, 0.2) is 22.7 Å². The first kappa shape index (κ1) is 13.3. The number of anilines is 1. The summed E-state index contributed by atoms with van der Waals surface area (Å²) in [6, 6.07) is 4.26. The van der Waals surface area contributed by atoms with E-state index in [-0.39, 0.29) is 24.5 Å². The van der Waals surface area contributed by atoms with Crippen molar-refractivity contribution in [1.29, 1.82) is 0 Å². The number of rotatable bonds is 4. The lowest BCUT2D eigenvalue weighted by Gasteiger charge is -2.21. The Balaban J connectivity index is 2.02. The first-order chi connectivity index (χ1) is 8.61. The van der Waals surface area contributed by atoms with E-state index >= 15 is 0 Å². The zero-order chi connectivity index (χ0) is 13.1. The van der Waals surface area contributed by atoms with Gasteiger partial charge in [-0.05, 0) is 47.0 Å². The van der Waals surface area contributed by atoms with Gasteiger partial charge >= 0.3 is 6.03 Å². The summed E-state index contributed by atoms with van der Waals surface area (Å²) >= 11 is 3.07. The third kappa shape index (κ3) is 3.20. The molecule has 1 aliphatic rings. The van der Waals surface area contributed by atoms with Crippen LogP contribution in [0.4, 0.5) is 14.9 Å². The molecule has 2 N–H and O–H groups in total. The normalized spacial score (nSPS) is 14.4. The number of benzene rings is 1. The quantitative estimate of drug-likeness (QED) is 0.897. The van der Waals surface area contributed by atoms with Crippen LogP contribution in [0.3, 0.4) is 0 Å². The molecule has 0 aromatic heterocycles. The molecule has 0 spiro atoms. The molecule has 1 saturated carbocycles. The van der Waals surface area contributed by atoms with Crippen molar-refractivity contribution in [2.45, 2.75) is 18.9 Å². The Labute approximate surface area is 113 Å². The average molecular weight is 317 g/mol. The van der Waals surface area contributed by atoms with E-state index in [9.17, 15) is 9.18 Å². The number of nitrogens with one attached hydrogen (secondary N) is 1. The predicted octanol–water partition coefficient (Wildman–Crippen LogP) is 2.58. The van der Waals surface area contributed by atoms with Gasteiger partial charge in [-0.25, -0.2) is 9.18 Å². The fourth-order valence-electron chi connectivity index (χ4n) is 1.71. The number of urea groups is 1. The van der Waals surface area contributed by atoms with E-state index < -0.39 is 0 Å². The lowest BCUT2D eigenvalue weighted by atomic mass is 10.3. The van der Waals surface area contributed by atoms with Crippen molar-refractivity contribution >= 4 is 27.6 Å². The summed E-state index contributed by atoms with van der Waals surface area (Å²) in [4.78, 5) is 13.6. The van der Waals surface area contributed by atoms with Crippen LogP contribution in [0, 0.1) is 5.82 Å². The van der Waals surface area contributed by atoms with Gasteiger partial charge in [0.15, 0.2) is 0 Å². The van der Waals surface area contributed by atoms with E-state index in [0.717, 1.165) is 12.8 Å². The van der Waals surface area contributed by atoms with E-state index in [1.165, 1.54) is 18.2 Å². The molecule has 1 aromatic carbocycles.